The Bertz CT molecular complexity index is 704. The second kappa shape index (κ2) is 6.16. The van der Waals surface area contributed by atoms with Crippen molar-refractivity contribution in [1.29, 1.82) is 0 Å². The van der Waals surface area contributed by atoms with Crippen LogP contribution in [-0.4, -0.2) is 17.4 Å². The Balaban J connectivity index is 1.48. The number of rotatable bonds is 3. The molecular weight excluding hydrogens is 290 g/mol. The third-order valence-corrected chi connectivity index (χ3v) is 4.79. The molecule has 23 heavy (non-hydrogen) atoms. The fraction of sp³-hybridized carbons (Fsp3) is 0.444. The summed E-state index contributed by atoms with van der Waals surface area (Å²) in [4.78, 5) is 16.9. The zero-order chi connectivity index (χ0) is 15.6. The number of hydrogen-bond donors (Lipinski definition) is 2. The summed E-state index contributed by atoms with van der Waals surface area (Å²) in [6.45, 7) is 0.980. The van der Waals surface area contributed by atoms with E-state index >= 15 is 0 Å². The minimum Gasteiger partial charge on any atom is -0.446 e. The summed E-state index contributed by atoms with van der Waals surface area (Å²) in [5, 5.41) is 6.44. The Morgan fingerprint density at radius 2 is 2.17 bits per heavy atom. The highest BCUT2D eigenvalue weighted by atomic mass is 16.3. The van der Waals surface area contributed by atoms with Crippen LogP contribution in [0.3, 0.4) is 0 Å². The van der Waals surface area contributed by atoms with E-state index in [1.165, 1.54) is 17.4 Å². The monoisotopic (exact) mass is 311 g/mol. The Morgan fingerprint density at radius 3 is 3.04 bits per heavy atom. The number of nitrogens with zero attached hydrogens (tertiary/aromatic N) is 1. The van der Waals surface area contributed by atoms with Gasteiger partial charge < -0.3 is 15.1 Å². The van der Waals surface area contributed by atoms with Crippen LogP contribution in [0, 0.1) is 0 Å². The van der Waals surface area contributed by atoms with Crippen molar-refractivity contribution in [2.45, 2.75) is 44.2 Å². The summed E-state index contributed by atoms with van der Waals surface area (Å²) in [7, 11) is 0. The molecule has 5 nitrogen and oxygen atoms in total. The van der Waals surface area contributed by atoms with E-state index in [-0.39, 0.29) is 18.0 Å². The Kier molecular flexibility index (Phi) is 3.87. The van der Waals surface area contributed by atoms with E-state index in [1.54, 1.807) is 0 Å². The number of nitrogens with one attached hydrogen (secondary N) is 2. The van der Waals surface area contributed by atoms with E-state index < -0.39 is 0 Å². The number of fused-ring (bicyclic) bond motifs is 1. The first-order valence-corrected chi connectivity index (χ1v) is 8.39. The molecule has 120 valence electrons. The molecule has 2 aliphatic rings. The normalized spacial score (nSPS) is 23.5. The smallest absolute Gasteiger partial charge is 0.273 e. The van der Waals surface area contributed by atoms with Gasteiger partial charge in [-0.1, -0.05) is 24.3 Å². The molecule has 0 spiro atoms. The van der Waals surface area contributed by atoms with E-state index in [2.05, 4.69) is 33.8 Å². The molecule has 0 bridgehead atoms. The highest BCUT2D eigenvalue weighted by Crippen LogP contribution is 2.29. The number of hydrogen-bond acceptors (Lipinski definition) is 4. The van der Waals surface area contributed by atoms with Crippen LogP contribution in [-0.2, 0) is 6.42 Å². The minimum atomic E-state index is -0.153. The van der Waals surface area contributed by atoms with Gasteiger partial charge in [0.25, 0.3) is 5.91 Å². The number of benzene rings is 1. The molecule has 1 amide bonds. The maximum absolute atomic E-state index is 12.5. The van der Waals surface area contributed by atoms with Crippen LogP contribution in [0.4, 0.5) is 0 Å². The number of carbonyl (C=O) groups is 1. The van der Waals surface area contributed by atoms with Crippen molar-refractivity contribution in [1.82, 2.24) is 15.6 Å². The minimum absolute atomic E-state index is 0.0669. The van der Waals surface area contributed by atoms with Crippen LogP contribution in [0.1, 0.15) is 65.3 Å². The van der Waals surface area contributed by atoms with E-state index in [4.69, 9.17) is 4.42 Å². The highest BCUT2D eigenvalue weighted by Gasteiger charge is 2.25. The summed E-state index contributed by atoms with van der Waals surface area (Å²) in [6.07, 6.45) is 6.75. The fourth-order valence-electron chi connectivity index (χ4n) is 3.58. The molecule has 1 aromatic carbocycles. The molecule has 1 saturated heterocycles. The highest BCUT2D eigenvalue weighted by molar-refractivity contribution is 5.92. The molecule has 4 rings (SSSR count). The lowest BCUT2D eigenvalue weighted by Gasteiger charge is -2.25. The summed E-state index contributed by atoms with van der Waals surface area (Å²) in [6, 6.07) is 8.55. The van der Waals surface area contributed by atoms with Crippen molar-refractivity contribution in [3.63, 3.8) is 0 Å². The van der Waals surface area contributed by atoms with Crippen LogP contribution in [0.5, 0.6) is 0 Å². The van der Waals surface area contributed by atoms with Gasteiger partial charge in [0.05, 0.1) is 12.1 Å². The molecule has 1 fully saturated rings. The average molecular weight is 311 g/mol. The van der Waals surface area contributed by atoms with Crippen molar-refractivity contribution in [2.24, 2.45) is 0 Å². The first kappa shape index (κ1) is 14.5. The Morgan fingerprint density at radius 1 is 1.26 bits per heavy atom. The van der Waals surface area contributed by atoms with Crippen LogP contribution < -0.4 is 10.6 Å². The van der Waals surface area contributed by atoms with Crippen molar-refractivity contribution in [2.75, 3.05) is 6.54 Å². The third-order valence-electron chi connectivity index (χ3n) is 4.79. The first-order chi connectivity index (χ1) is 11.3. The van der Waals surface area contributed by atoms with Crippen LogP contribution in [0.25, 0.3) is 0 Å². The third kappa shape index (κ3) is 2.88. The lowest BCUT2D eigenvalue weighted by Crippen LogP contribution is -2.31. The van der Waals surface area contributed by atoms with Crippen molar-refractivity contribution in [3.8, 4) is 0 Å². The number of amides is 1. The molecule has 1 aromatic heterocycles. The van der Waals surface area contributed by atoms with Crippen molar-refractivity contribution in [3.05, 3.63) is 53.2 Å². The van der Waals surface area contributed by atoms with Crippen LogP contribution in [0.15, 0.2) is 34.9 Å². The molecule has 1 aliphatic heterocycles. The Labute approximate surface area is 135 Å². The molecule has 2 aromatic rings. The Hall–Kier alpha value is -2.14. The summed E-state index contributed by atoms with van der Waals surface area (Å²) >= 11 is 0. The standard InChI is InChI=1S/C18H21N3O2/c22-17(16-11-23-18(21-16)15-9-4-10-19-15)20-14-8-3-6-12-5-1-2-7-13(12)14/h1-2,5,7,11,14-15,19H,3-4,6,8-10H2,(H,20,22). The lowest BCUT2D eigenvalue weighted by atomic mass is 9.88. The van der Waals surface area contributed by atoms with Crippen LogP contribution >= 0.6 is 0 Å². The van der Waals surface area contributed by atoms with Gasteiger partial charge in [-0.15, -0.1) is 0 Å². The van der Waals surface area contributed by atoms with Gasteiger partial charge in [-0.25, -0.2) is 4.98 Å². The summed E-state index contributed by atoms with van der Waals surface area (Å²) in [5.41, 5.74) is 2.94. The van der Waals surface area contributed by atoms with Gasteiger partial charge in [-0.2, -0.15) is 0 Å². The largest absolute Gasteiger partial charge is 0.446 e. The number of aromatic nitrogens is 1. The molecule has 2 heterocycles. The predicted molar refractivity (Wildman–Crippen MR) is 86.1 cm³/mol. The van der Waals surface area contributed by atoms with Gasteiger partial charge in [-0.05, 0) is 49.8 Å². The quantitative estimate of drug-likeness (QED) is 0.914. The number of oxazole rings is 1. The molecule has 0 radical (unpaired) electrons. The molecule has 0 saturated carbocycles. The van der Waals surface area contributed by atoms with Gasteiger partial charge in [0.1, 0.15) is 6.26 Å². The topological polar surface area (TPSA) is 67.2 Å². The van der Waals surface area contributed by atoms with Gasteiger partial charge in [0.2, 0.25) is 5.89 Å². The van der Waals surface area contributed by atoms with Gasteiger partial charge in [0, 0.05) is 0 Å². The van der Waals surface area contributed by atoms with Gasteiger partial charge in [0.15, 0.2) is 5.69 Å². The number of aryl methyl sites for hydroxylation is 1. The molecule has 2 N–H and O–H groups in total. The maximum atomic E-state index is 12.5. The fourth-order valence-corrected chi connectivity index (χ4v) is 3.58. The van der Waals surface area contributed by atoms with Gasteiger partial charge in [-0.3, -0.25) is 4.79 Å². The second-order valence-corrected chi connectivity index (χ2v) is 6.34. The first-order valence-electron chi connectivity index (χ1n) is 8.39. The van der Waals surface area contributed by atoms with E-state index in [0.29, 0.717) is 11.6 Å². The molecule has 2 unspecified atom stereocenters. The molecular formula is C18H21N3O2. The van der Waals surface area contributed by atoms with Gasteiger partial charge >= 0.3 is 0 Å². The summed E-state index contributed by atoms with van der Waals surface area (Å²) in [5.74, 6) is 0.469. The maximum Gasteiger partial charge on any atom is 0.273 e. The second-order valence-electron chi connectivity index (χ2n) is 6.34. The SMILES string of the molecule is O=C(NC1CCCc2ccccc21)c1coc(C2CCCN2)n1. The molecule has 2 atom stereocenters. The molecule has 5 heteroatoms. The predicted octanol–water partition coefficient (Wildman–Crippen LogP) is 2.91. The van der Waals surface area contributed by atoms with Crippen LogP contribution in [0.2, 0.25) is 0 Å². The number of carbonyl (C=O) groups excluding carboxylic acids is 1. The lowest BCUT2D eigenvalue weighted by molar-refractivity contribution is 0.0927. The zero-order valence-corrected chi connectivity index (χ0v) is 13.0. The van der Waals surface area contributed by atoms with E-state index in [1.807, 2.05) is 6.07 Å². The van der Waals surface area contributed by atoms with E-state index in [9.17, 15) is 4.79 Å². The molecule has 1 aliphatic carbocycles. The van der Waals surface area contributed by atoms with E-state index in [0.717, 1.165) is 38.6 Å². The summed E-state index contributed by atoms with van der Waals surface area (Å²) < 4.78 is 5.49. The zero-order valence-electron chi connectivity index (χ0n) is 13.0. The van der Waals surface area contributed by atoms with Crippen molar-refractivity contribution >= 4 is 5.91 Å². The average Bonchev–Trinajstić information content (AvgIpc) is 3.26. The van der Waals surface area contributed by atoms with Crippen molar-refractivity contribution < 1.29 is 9.21 Å².